The normalized spacial score (nSPS) is 10.2. The number of carbonyl (C=O) groups excluding carboxylic acids is 2. The van der Waals surface area contributed by atoms with Crippen molar-refractivity contribution in [3.63, 3.8) is 0 Å². The molecule has 1 amide bonds. The summed E-state index contributed by atoms with van der Waals surface area (Å²) in [6, 6.07) is 11.1. The largest absolute Gasteiger partial charge is 0.462 e. The maximum Gasteiger partial charge on any atom is 0.340 e. The molecule has 6 heteroatoms. The predicted octanol–water partition coefficient (Wildman–Crippen LogP) is 3.55. The first-order valence-corrected chi connectivity index (χ1v) is 8.76. The molecule has 0 saturated carbocycles. The van der Waals surface area contributed by atoms with Crippen LogP contribution in [-0.4, -0.2) is 29.2 Å². The molecule has 1 aromatic heterocycles. The number of nitrogens with one attached hydrogen (secondary N) is 1. The number of amides is 1. The second-order valence-electron chi connectivity index (χ2n) is 4.97. The van der Waals surface area contributed by atoms with Gasteiger partial charge in [-0.3, -0.25) is 4.79 Å². The van der Waals surface area contributed by atoms with Crippen LogP contribution in [0.5, 0.6) is 0 Å². The Morgan fingerprint density at radius 2 is 2.04 bits per heavy atom. The van der Waals surface area contributed by atoms with Crippen molar-refractivity contribution < 1.29 is 14.3 Å². The first-order chi connectivity index (χ1) is 11.6. The fourth-order valence-corrected chi connectivity index (χ4v) is 2.85. The fourth-order valence-electron chi connectivity index (χ4n) is 2.07. The molecule has 0 atom stereocenters. The van der Waals surface area contributed by atoms with Crippen molar-refractivity contribution >= 4 is 29.3 Å². The maximum absolute atomic E-state index is 12.1. The van der Waals surface area contributed by atoms with E-state index in [1.807, 2.05) is 24.3 Å². The van der Waals surface area contributed by atoms with Crippen LogP contribution in [0.1, 0.15) is 29.8 Å². The van der Waals surface area contributed by atoms with Gasteiger partial charge in [0.1, 0.15) is 5.03 Å². The lowest BCUT2D eigenvalue weighted by atomic mass is 10.1. The zero-order chi connectivity index (χ0) is 17.4. The van der Waals surface area contributed by atoms with E-state index in [1.54, 1.807) is 25.3 Å². The summed E-state index contributed by atoms with van der Waals surface area (Å²) >= 11 is 1.21. The molecule has 24 heavy (non-hydrogen) atoms. The predicted molar refractivity (Wildman–Crippen MR) is 95.4 cm³/mol. The monoisotopic (exact) mass is 344 g/mol. The summed E-state index contributed by atoms with van der Waals surface area (Å²) in [6.45, 7) is 4.11. The minimum atomic E-state index is -0.427. The number of hydrogen-bond donors (Lipinski definition) is 1. The third-order valence-corrected chi connectivity index (χ3v) is 4.23. The zero-order valence-electron chi connectivity index (χ0n) is 13.7. The number of hydrogen-bond acceptors (Lipinski definition) is 5. The highest BCUT2D eigenvalue weighted by Gasteiger charge is 2.15. The van der Waals surface area contributed by atoms with Crippen LogP contribution < -0.4 is 5.32 Å². The van der Waals surface area contributed by atoms with Crippen LogP contribution in [0.2, 0.25) is 0 Å². The Balaban J connectivity index is 1.98. The molecular formula is C18H20N2O3S. The second-order valence-corrected chi connectivity index (χ2v) is 5.93. The van der Waals surface area contributed by atoms with E-state index in [9.17, 15) is 9.59 Å². The van der Waals surface area contributed by atoms with Gasteiger partial charge in [0.2, 0.25) is 5.91 Å². The Hall–Kier alpha value is -2.34. The number of benzene rings is 1. The molecular weight excluding hydrogens is 324 g/mol. The van der Waals surface area contributed by atoms with Gasteiger partial charge < -0.3 is 10.1 Å². The number of rotatable bonds is 7. The van der Waals surface area contributed by atoms with Crippen molar-refractivity contribution in [3.8, 4) is 0 Å². The minimum absolute atomic E-state index is 0.145. The number of carbonyl (C=O) groups is 2. The van der Waals surface area contributed by atoms with Crippen LogP contribution in [-0.2, 0) is 16.0 Å². The molecule has 0 radical (unpaired) electrons. The van der Waals surface area contributed by atoms with Gasteiger partial charge in [-0.2, -0.15) is 0 Å². The topological polar surface area (TPSA) is 68.3 Å². The number of ether oxygens (including phenoxy) is 1. The summed E-state index contributed by atoms with van der Waals surface area (Å²) in [5.41, 5.74) is 2.31. The number of anilines is 1. The first kappa shape index (κ1) is 18.0. The molecule has 0 aliphatic heterocycles. The lowest BCUT2D eigenvalue weighted by Gasteiger charge is -2.08. The number of nitrogens with zero attached hydrogens (tertiary/aromatic N) is 1. The summed E-state index contributed by atoms with van der Waals surface area (Å²) in [5.74, 6) is -0.405. The van der Waals surface area contributed by atoms with Gasteiger partial charge in [0, 0.05) is 11.9 Å². The number of esters is 1. The molecule has 0 saturated heterocycles. The van der Waals surface area contributed by atoms with Gasteiger partial charge in [0.15, 0.2) is 0 Å². The Morgan fingerprint density at radius 1 is 1.21 bits per heavy atom. The van der Waals surface area contributed by atoms with Crippen molar-refractivity contribution in [2.24, 2.45) is 0 Å². The molecule has 0 spiro atoms. The maximum atomic E-state index is 12.1. The number of thioether (sulfide) groups is 1. The van der Waals surface area contributed by atoms with Gasteiger partial charge in [0.05, 0.1) is 17.9 Å². The van der Waals surface area contributed by atoms with Crippen molar-refractivity contribution in [1.29, 1.82) is 0 Å². The summed E-state index contributed by atoms with van der Waals surface area (Å²) in [4.78, 5) is 28.2. The fraction of sp³-hybridized carbons (Fsp3) is 0.278. The van der Waals surface area contributed by atoms with Gasteiger partial charge in [-0.05, 0) is 43.2 Å². The molecule has 0 aliphatic carbocycles. The number of aromatic nitrogens is 1. The van der Waals surface area contributed by atoms with E-state index in [4.69, 9.17) is 4.74 Å². The van der Waals surface area contributed by atoms with E-state index in [0.717, 1.165) is 17.7 Å². The molecule has 2 rings (SSSR count). The molecule has 0 fully saturated rings. The van der Waals surface area contributed by atoms with Gasteiger partial charge in [-0.1, -0.05) is 30.8 Å². The van der Waals surface area contributed by atoms with Crippen molar-refractivity contribution in [2.75, 3.05) is 17.7 Å². The Bertz CT molecular complexity index is 719. The van der Waals surface area contributed by atoms with Crippen LogP contribution in [0, 0.1) is 0 Å². The zero-order valence-corrected chi connectivity index (χ0v) is 14.6. The van der Waals surface area contributed by atoms with Crippen LogP contribution in [0.25, 0.3) is 0 Å². The van der Waals surface area contributed by atoms with Crippen LogP contribution in [0.3, 0.4) is 0 Å². The van der Waals surface area contributed by atoms with Gasteiger partial charge in [0.25, 0.3) is 0 Å². The van der Waals surface area contributed by atoms with E-state index >= 15 is 0 Å². The van der Waals surface area contributed by atoms with Crippen molar-refractivity contribution in [1.82, 2.24) is 4.98 Å². The molecule has 1 aromatic carbocycles. The molecule has 1 heterocycles. The highest BCUT2D eigenvalue weighted by molar-refractivity contribution is 8.00. The lowest BCUT2D eigenvalue weighted by molar-refractivity contribution is -0.113. The number of aryl methyl sites for hydroxylation is 1. The van der Waals surface area contributed by atoms with Crippen LogP contribution in [0.4, 0.5) is 5.69 Å². The molecule has 0 unspecified atom stereocenters. The van der Waals surface area contributed by atoms with Gasteiger partial charge in [-0.15, -0.1) is 0 Å². The van der Waals surface area contributed by atoms with Crippen LogP contribution >= 0.6 is 11.8 Å². The molecule has 1 N–H and O–H groups in total. The molecule has 0 bridgehead atoms. The van der Waals surface area contributed by atoms with E-state index in [1.165, 1.54) is 11.8 Å². The first-order valence-electron chi connectivity index (χ1n) is 7.77. The average molecular weight is 344 g/mol. The molecule has 0 aliphatic rings. The van der Waals surface area contributed by atoms with Crippen molar-refractivity contribution in [2.45, 2.75) is 25.3 Å². The second kappa shape index (κ2) is 9.08. The van der Waals surface area contributed by atoms with Gasteiger partial charge in [-0.25, -0.2) is 9.78 Å². The molecule has 126 valence electrons. The van der Waals surface area contributed by atoms with Crippen LogP contribution in [0.15, 0.2) is 47.6 Å². The highest BCUT2D eigenvalue weighted by atomic mass is 32.2. The van der Waals surface area contributed by atoms with Crippen molar-refractivity contribution in [3.05, 3.63) is 53.7 Å². The number of pyridine rings is 1. The smallest absolute Gasteiger partial charge is 0.340 e. The standard InChI is InChI=1S/C18H20N2O3S/c1-3-13-7-5-8-14(11-13)20-16(21)12-24-17-15(9-6-10-19-17)18(22)23-4-2/h5-11H,3-4,12H2,1-2H3,(H,20,21). The quantitative estimate of drug-likeness (QED) is 0.614. The van der Waals surface area contributed by atoms with Gasteiger partial charge >= 0.3 is 5.97 Å². The van der Waals surface area contributed by atoms with E-state index in [0.29, 0.717) is 17.2 Å². The third kappa shape index (κ3) is 5.09. The highest BCUT2D eigenvalue weighted by Crippen LogP contribution is 2.21. The molecule has 5 nitrogen and oxygen atoms in total. The molecule has 2 aromatic rings. The third-order valence-electron chi connectivity index (χ3n) is 3.23. The Labute approximate surface area is 145 Å². The Morgan fingerprint density at radius 3 is 2.79 bits per heavy atom. The summed E-state index contributed by atoms with van der Waals surface area (Å²) in [6.07, 6.45) is 2.50. The SMILES string of the molecule is CCOC(=O)c1cccnc1SCC(=O)Nc1cccc(CC)c1. The van der Waals surface area contributed by atoms with E-state index < -0.39 is 5.97 Å². The summed E-state index contributed by atoms with van der Waals surface area (Å²) in [5, 5.41) is 3.35. The van der Waals surface area contributed by atoms with E-state index in [-0.39, 0.29) is 11.7 Å². The summed E-state index contributed by atoms with van der Waals surface area (Å²) in [7, 11) is 0. The summed E-state index contributed by atoms with van der Waals surface area (Å²) < 4.78 is 5.00. The Kier molecular flexibility index (Phi) is 6.81. The average Bonchev–Trinajstić information content (AvgIpc) is 2.60. The van der Waals surface area contributed by atoms with E-state index in [2.05, 4.69) is 17.2 Å². The minimum Gasteiger partial charge on any atom is -0.462 e. The lowest BCUT2D eigenvalue weighted by Crippen LogP contribution is -2.15.